The lowest BCUT2D eigenvalue weighted by atomic mass is 10.0. The molecule has 0 aromatic carbocycles. The molecule has 36 heavy (non-hydrogen) atoms. The molecule has 0 amide bonds. The third kappa shape index (κ3) is 31.4. The summed E-state index contributed by atoms with van der Waals surface area (Å²) in [5.41, 5.74) is 0. The molecule has 5 heteroatoms. The van der Waals surface area contributed by atoms with Crippen molar-refractivity contribution in [2.24, 2.45) is 0 Å². The second kappa shape index (κ2) is 32.4. The van der Waals surface area contributed by atoms with E-state index in [4.69, 9.17) is 18.9 Å². The summed E-state index contributed by atoms with van der Waals surface area (Å²) in [6.07, 6.45) is 26.4. The minimum absolute atomic E-state index is 0.101. The Balaban J connectivity index is 3.13. The molecule has 0 aromatic heterocycles. The molecule has 0 rings (SSSR count). The number of ether oxygens (including phenoxy) is 4. The van der Waals surface area contributed by atoms with Crippen molar-refractivity contribution < 1.29 is 23.7 Å². The van der Waals surface area contributed by atoms with Crippen LogP contribution in [0.3, 0.4) is 0 Å². The quantitative estimate of drug-likeness (QED) is 0.0683. The summed E-state index contributed by atoms with van der Waals surface area (Å²) in [4.78, 5) is 11.8. The van der Waals surface area contributed by atoms with Gasteiger partial charge in [0.25, 0.3) is 0 Å². The monoisotopic (exact) mass is 514 g/mol. The Morgan fingerprint density at radius 2 is 0.722 bits per heavy atom. The lowest BCUT2D eigenvalue weighted by Crippen LogP contribution is -2.11. The van der Waals surface area contributed by atoms with Crippen molar-refractivity contribution in [1.82, 2.24) is 0 Å². The van der Waals surface area contributed by atoms with Gasteiger partial charge in [0.2, 0.25) is 0 Å². The van der Waals surface area contributed by atoms with Gasteiger partial charge in [-0.2, -0.15) is 0 Å². The van der Waals surface area contributed by atoms with E-state index in [1.54, 1.807) is 0 Å². The molecule has 0 aliphatic carbocycles. The van der Waals surface area contributed by atoms with Gasteiger partial charge in [-0.3, -0.25) is 4.79 Å². The fourth-order valence-electron chi connectivity index (χ4n) is 4.22. The van der Waals surface area contributed by atoms with Crippen molar-refractivity contribution in [3.63, 3.8) is 0 Å². The lowest BCUT2D eigenvalue weighted by molar-refractivity contribution is -0.144. The fourth-order valence-corrected chi connectivity index (χ4v) is 4.22. The predicted octanol–water partition coefficient (Wildman–Crippen LogP) is 8.81. The van der Waals surface area contributed by atoms with Crippen LogP contribution < -0.4 is 0 Å². The molecule has 0 saturated carbocycles. The van der Waals surface area contributed by atoms with Crippen molar-refractivity contribution in [2.75, 3.05) is 46.2 Å². The predicted molar refractivity (Wildman–Crippen MR) is 152 cm³/mol. The molecule has 0 spiro atoms. The van der Waals surface area contributed by atoms with Crippen LogP contribution in [0.1, 0.15) is 149 Å². The Hall–Kier alpha value is -0.650. The highest BCUT2D eigenvalue weighted by atomic mass is 16.5. The number of carbonyl (C=O) groups excluding carboxylic acids is 1. The highest BCUT2D eigenvalue weighted by molar-refractivity contribution is 5.69. The van der Waals surface area contributed by atoms with Gasteiger partial charge in [-0.05, 0) is 19.3 Å². The second-order valence-electron chi connectivity index (χ2n) is 10.2. The summed E-state index contributed by atoms with van der Waals surface area (Å²) < 4.78 is 21.8. The first-order valence-corrected chi connectivity index (χ1v) is 15.7. The maximum Gasteiger partial charge on any atom is 0.305 e. The fraction of sp³-hybridized carbons (Fsp3) is 0.968. The molecular formula is C31H62O5. The van der Waals surface area contributed by atoms with E-state index in [2.05, 4.69) is 13.8 Å². The van der Waals surface area contributed by atoms with Crippen LogP contribution in [0, 0.1) is 0 Å². The summed E-state index contributed by atoms with van der Waals surface area (Å²) in [5.74, 6) is -0.101. The molecule has 0 bridgehead atoms. The minimum atomic E-state index is -0.101. The third-order valence-electron chi connectivity index (χ3n) is 6.57. The average Bonchev–Trinajstić information content (AvgIpc) is 2.88. The van der Waals surface area contributed by atoms with Crippen LogP contribution in [0.15, 0.2) is 0 Å². The molecule has 0 saturated heterocycles. The Morgan fingerprint density at radius 3 is 1.19 bits per heavy atom. The van der Waals surface area contributed by atoms with E-state index in [0.29, 0.717) is 52.5 Å². The van der Waals surface area contributed by atoms with Crippen molar-refractivity contribution in [3.8, 4) is 0 Å². The summed E-state index contributed by atoms with van der Waals surface area (Å²) >= 11 is 0. The average molecular weight is 515 g/mol. The van der Waals surface area contributed by atoms with E-state index >= 15 is 0 Å². The van der Waals surface area contributed by atoms with Gasteiger partial charge in [0, 0.05) is 19.6 Å². The molecule has 0 radical (unpaired) electrons. The topological polar surface area (TPSA) is 54.0 Å². The first kappa shape index (κ1) is 35.4. The number of esters is 1. The largest absolute Gasteiger partial charge is 0.466 e. The molecule has 0 aliphatic rings. The zero-order chi connectivity index (χ0) is 26.2. The Kier molecular flexibility index (Phi) is 31.8. The van der Waals surface area contributed by atoms with Crippen molar-refractivity contribution in [1.29, 1.82) is 0 Å². The van der Waals surface area contributed by atoms with Gasteiger partial charge in [-0.25, -0.2) is 0 Å². The molecular weight excluding hydrogens is 452 g/mol. The van der Waals surface area contributed by atoms with Crippen LogP contribution >= 0.6 is 0 Å². The van der Waals surface area contributed by atoms with E-state index in [9.17, 15) is 4.79 Å². The minimum Gasteiger partial charge on any atom is -0.466 e. The maximum atomic E-state index is 11.8. The number of carbonyl (C=O) groups is 1. The summed E-state index contributed by atoms with van der Waals surface area (Å²) in [5, 5.41) is 0. The number of rotatable bonds is 31. The molecule has 0 aromatic rings. The van der Waals surface area contributed by atoms with Gasteiger partial charge in [-0.1, -0.05) is 123 Å². The van der Waals surface area contributed by atoms with Crippen molar-refractivity contribution in [2.45, 2.75) is 149 Å². The maximum absolute atomic E-state index is 11.8. The SMILES string of the molecule is CCCCCCCCCCCCCCCCCCOC(=O)CCCOCCOCCOCCCCC. The van der Waals surface area contributed by atoms with E-state index in [1.807, 2.05) is 0 Å². The van der Waals surface area contributed by atoms with Crippen LogP contribution in [0.5, 0.6) is 0 Å². The van der Waals surface area contributed by atoms with E-state index < -0.39 is 0 Å². The van der Waals surface area contributed by atoms with E-state index in [1.165, 1.54) is 103 Å². The normalized spacial score (nSPS) is 11.3. The third-order valence-corrected chi connectivity index (χ3v) is 6.57. The zero-order valence-corrected chi connectivity index (χ0v) is 24.3. The van der Waals surface area contributed by atoms with Crippen LogP contribution in [0.4, 0.5) is 0 Å². The molecule has 0 aliphatic heterocycles. The Labute approximate surface area is 224 Å². The van der Waals surface area contributed by atoms with E-state index in [-0.39, 0.29) is 5.97 Å². The Bertz CT molecular complexity index is 416. The second-order valence-corrected chi connectivity index (χ2v) is 10.2. The van der Waals surface area contributed by atoms with Crippen LogP contribution in [-0.4, -0.2) is 52.2 Å². The van der Waals surface area contributed by atoms with Crippen LogP contribution in [0.25, 0.3) is 0 Å². The summed E-state index contributed by atoms with van der Waals surface area (Å²) in [6, 6.07) is 0. The van der Waals surface area contributed by atoms with Gasteiger partial charge >= 0.3 is 5.97 Å². The van der Waals surface area contributed by atoms with Gasteiger partial charge in [-0.15, -0.1) is 0 Å². The first-order valence-electron chi connectivity index (χ1n) is 15.7. The van der Waals surface area contributed by atoms with Crippen LogP contribution in [-0.2, 0) is 23.7 Å². The van der Waals surface area contributed by atoms with Gasteiger partial charge < -0.3 is 18.9 Å². The van der Waals surface area contributed by atoms with E-state index in [0.717, 1.165) is 25.9 Å². The molecule has 0 heterocycles. The van der Waals surface area contributed by atoms with Crippen LogP contribution in [0.2, 0.25) is 0 Å². The molecule has 0 atom stereocenters. The Morgan fingerprint density at radius 1 is 0.389 bits per heavy atom. The zero-order valence-electron chi connectivity index (χ0n) is 24.3. The molecule has 0 unspecified atom stereocenters. The highest BCUT2D eigenvalue weighted by Gasteiger charge is 2.03. The number of hydrogen-bond donors (Lipinski definition) is 0. The summed E-state index contributed by atoms with van der Waals surface area (Å²) in [7, 11) is 0. The smallest absolute Gasteiger partial charge is 0.305 e. The standard InChI is InChI=1S/C31H62O5/c1-3-5-7-8-9-10-11-12-13-14-15-16-17-18-19-21-26-36-31(32)23-22-25-34-28-30-35-29-27-33-24-20-6-4-2/h3-30H2,1-2H3. The molecule has 216 valence electrons. The molecule has 5 nitrogen and oxygen atoms in total. The molecule has 0 N–H and O–H groups in total. The molecule has 0 fully saturated rings. The van der Waals surface area contributed by atoms with Gasteiger partial charge in [0.05, 0.1) is 33.0 Å². The lowest BCUT2D eigenvalue weighted by Gasteiger charge is -2.07. The first-order chi connectivity index (χ1) is 17.8. The van der Waals surface area contributed by atoms with Crippen molar-refractivity contribution >= 4 is 5.97 Å². The van der Waals surface area contributed by atoms with Crippen molar-refractivity contribution in [3.05, 3.63) is 0 Å². The summed E-state index contributed by atoms with van der Waals surface area (Å²) in [6.45, 7) is 8.82. The number of hydrogen-bond acceptors (Lipinski definition) is 5. The van der Waals surface area contributed by atoms with Gasteiger partial charge in [0.1, 0.15) is 0 Å². The van der Waals surface area contributed by atoms with Gasteiger partial charge in [0.15, 0.2) is 0 Å². The highest BCUT2D eigenvalue weighted by Crippen LogP contribution is 2.13. The number of unbranched alkanes of at least 4 members (excludes halogenated alkanes) is 17.